The molecule has 0 bridgehead atoms. The Labute approximate surface area is 131 Å². The van der Waals surface area contributed by atoms with Crippen molar-refractivity contribution in [2.75, 3.05) is 29.9 Å². The Bertz CT molecular complexity index is 508. The molecule has 118 valence electrons. The van der Waals surface area contributed by atoms with Gasteiger partial charge < -0.3 is 10.2 Å². The van der Waals surface area contributed by atoms with Gasteiger partial charge in [-0.15, -0.1) is 0 Å². The highest BCUT2D eigenvalue weighted by Crippen LogP contribution is 2.37. The van der Waals surface area contributed by atoms with E-state index in [0.29, 0.717) is 36.2 Å². The van der Waals surface area contributed by atoms with Crippen molar-refractivity contribution in [1.29, 1.82) is 0 Å². The van der Waals surface area contributed by atoms with Gasteiger partial charge in [0.2, 0.25) is 0 Å². The Hall–Kier alpha value is -0.880. The molecule has 0 radical (unpaired) electrons. The monoisotopic (exact) mass is 341 g/mol. The van der Waals surface area contributed by atoms with E-state index in [1.807, 2.05) is 6.92 Å². The molecule has 1 aromatic rings. The first-order chi connectivity index (χ1) is 9.82. The number of piperidine rings is 1. The number of nitrogens with one attached hydrogen (secondary N) is 1. The average molecular weight is 342 g/mol. The van der Waals surface area contributed by atoms with Gasteiger partial charge in [0.05, 0.1) is 16.0 Å². The minimum Gasteiger partial charge on any atom is -0.369 e. The van der Waals surface area contributed by atoms with Crippen LogP contribution in [0.4, 0.5) is 24.8 Å². The topological polar surface area (TPSA) is 28.2 Å². The maximum Gasteiger partial charge on any atom is 0.393 e. The van der Waals surface area contributed by atoms with Crippen LogP contribution in [0.25, 0.3) is 0 Å². The summed E-state index contributed by atoms with van der Waals surface area (Å²) in [5.74, 6) is -0.555. The number of aromatic nitrogens is 1. The highest BCUT2D eigenvalue weighted by molar-refractivity contribution is 6.37. The van der Waals surface area contributed by atoms with Crippen molar-refractivity contribution in [3.8, 4) is 0 Å². The largest absolute Gasteiger partial charge is 0.393 e. The first-order valence-corrected chi connectivity index (χ1v) is 7.50. The molecule has 1 aromatic heterocycles. The molecule has 0 aromatic carbocycles. The van der Waals surface area contributed by atoms with Crippen molar-refractivity contribution < 1.29 is 13.2 Å². The first-order valence-electron chi connectivity index (χ1n) is 6.74. The van der Waals surface area contributed by atoms with E-state index in [9.17, 15) is 13.2 Å². The van der Waals surface area contributed by atoms with E-state index in [0.717, 1.165) is 0 Å². The summed E-state index contributed by atoms with van der Waals surface area (Å²) in [6, 6.07) is 1.51. The number of pyridine rings is 1. The molecule has 0 spiro atoms. The van der Waals surface area contributed by atoms with Crippen LogP contribution in [-0.2, 0) is 0 Å². The molecule has 0 aliphatic carbocycles. The molecule has 2 heterocycles. The summed E-state index contributed by atoms with van der Waals surface area (Å²) in [6.45, 7) is 2.88. The van der Waals surface area contributed by atoms with E-state index in [-0.39, 0.29) is 18.0 Å². The normalized spacial score (nSPS) is 19.7. The molecule has 1 atom stereocenters. The fourth-order valence-corrected chi connectivity index (χ4v) is 2.95. The molecular weight excluding hydrogens is 326 g/mol. The Kier molecular flexibility index (Phi) is 5.09. The van der Waals surface area contributed by atoms with Crippen LogP contribution in [0.5, 0.6) is 0 Å². The quantitative estimate of drug-likeness (QED) is 0.870. The average Bonchev–Trinajstić information content (AvgIpc) is 2.41. The van der Waals surface area contributed by atoms with Crippen molar-refractivity contribution >= 4 is 34.8 Å². The zero-order valence-corrected chi connectivity index (χ0v) is 13.0. The van der Waals surface area contributed by atoms with Crippen molar-refractivity contribution in [1.82, 2.24) is 4.98 Å². The van der Waals surface area contributed by atoms with Gasteiger partial charge in [-0.2, -0.15) is 13.2 Å². The van der Waals surface area contributed by atoms with Gasteiger partial charge in [0.15, 0.2) is 0 Å². The summed E-state index contributed by atoms with van der Waals surface area (Å²) in [4.78, 5) is 5.87. The number of nitrogens with zero attached hydrogens (tertiary/aromatic N) is 2. The number of hydrogen-bond acceptors (Lipinski definition) is 3. The van der Waals surface area contributed by atoms with Gasteiger partial charge in [0.1, 0.15) is 11.6 Å². The predicted octanol–water partition coefficient (Wildman–Crippen LogP) is 4.60. The summed E-state index contributed by atoms with van der Waals surface area (Å²) in [5.41, 5.74) is 0. The lowest BCUT2D eigenvalue weighted by atomic mass is 9.97. The van der Waals surface area contributed by atoms with Crippen LogP contribution in [0.15, 0.2) is 6.07 Å². The lowest BCUT2D eigenvalue weighted by Crippen LogP contribution is -2.42. The van der Waals surface area contributed by atoms with Gasteiger partial charge >= 0.3 is 6.18 Å². The van der Waals surface area contributed by atoms with Crippen LogP contribution in [0, 0.1) is 5.92 Å². The molecule has 1 aliphatic heterocycles. The number of anilines is 2. The molecular formula is C13H16Cl2F3N3. The summed E-state index contributed by atoms with van der Waals surface area (Å²) in [7, 11) is 0. The zero-order chi connectivity index (χ0) is 15.6. The fourth-order valence-electron chi connectivity index (χ4n) is 2.41. The minimum atomic E-state index is -4.19. The minimum absolute atomic E-state index is 0.122. The van der Waals surface area contributed by atoms with Gasteiger partial charge in [-0.1, -0.05) is 23.2 Å². The third-order valence-corrected chi connectivity index (χ3v) is 4.01. The maximum atomic E-state index is 12.9. The van der Waals surface area contributed by atoms with E-state index in [1.54, 1.807) is 4.90 Å². The highest BCUT2D eigenvalue weighted by atomic mass is 35.5. The Balaban J connectivity index is 2.26. The predicted molar refractivity (Wildman–Crippen MR) is 79.4 cm³/mol. The van der Waals surface area contributed by atoms with Gasteiger partial charge in [-0.25, -0.2) is 4.98 Å². The van der Waals surface area contributed by atoms with Crippen LogP contribution in [-0.4, -0.2) is 30.8 Å². The third kappa shape index (κ3) is 3.86. The van der Waals surface area contributed by atoms with E-state index in [2.05, 4.69) is 10.3 Å². The Morgan fingerprint density at radius 1 is 1.38 bits per heavy atom. The first kappa shape index (κ1) is 16.5. The van der Waals surface area contributed by atoms with Crippen molar-refractivity contribution in [3.05, 3.63) is 16.1 Å². The summed E-state index contributed by atoms with van der Waals surface area (Å²) >= 11 is 12.1. The SMILES string of the molecule is CCNc1nc(N2CCCC(C(F)(F)F)C2)c(Cl)cc1Cl. The van der Waals surface area contributed by atoms with E-state index in [1.165, 1.54) is 6.07 Å². The Morgan fingerprint density at radius 3 is 2.71 bits per heavy atom. The second-order valence-electron chi connectivity index (χ2n) is 4.98. The lowest BCUT2D eigenvalue weighted by Gasteiger charge is -2.35. The van der Waals surface area contributed by atoms with Crippen LogP contribution in [0.2, 0.25) is 10.0 Å². The fraction of sp³-hybridized carbons (Fsp3) is 0.615. The zero-order valence-electron chi connectivity index (χ0n) is 11.5. The Morgan fingerprint density at radius 2 is 2.10 bits per heavy atom. The highest BCUT2D eigenvalue weighted by Gasteiger charge is 2.42. The molecule has 21 heavy (non-hydrogen) atoms. The van der Waals surface area contributed by atoms with Crippen molar-refractivity contribution in [2.24, 2.45) is 5.92 Å². The van der Waals surface area contributed by atoms with Crippen LogP contribution < -0.4 is 10.2 Å². The van der Waals surface area contributed by atoms with Crippen LogP contribution in [0.3, 0.4) is 0 Å². The summed E-state index contributed by atoms with van der Waals surface area (Å²) in [5, 5.41) is 3.60. The molecule has 1 fully saturated rings. The number of alkyl halides is 3. The number of rotatable bonds is 3. The number of halogens is 5. The molecule has 8 heteroatoms. The van der Waals surface area contributed by atoms with Crippen LogP contribution in [0.1, 0.15) is 19.8 Å². The second kappa shape index (κ2) is 6.48. The molecule has 3 nitrogen and oxygen atoms in total. The molecule has 0 amide bonds. The molecule has 1 saturated heterocycles. The molecule has 2 rings (SSSR count). The summed E-state index contributed by atoms with van der Waals surface area (Å²) < 4.78 is 38.6. The van der Waals surface area contributed by atoms with E-state index >= 15 is 0 Å². The van der Waals surface area contributed by atoms with Crippen molar-refractivity contribution in [3.63, 3.8) is 0 Å². The molecule has 1 N–H and O–H groups in total. The van der Waals surface area contributed by atoms with Crippen LogP contribution >= 0.6 is 23.2 Å². The lowest BCUT2D eigenvalue weighted by molar-refractivity contribution is -0.176. The maximum absolute atomic E-state index is 12.9. The second-order valence-corrected chi connectivity index (χ2v) is 5.80. The number of hydrogen-bond donors (Lipinski definition) is 1. The van der Waals surface area contributed by atoms with Gasteiger partial charge in [0.25, 0.3) is 0 Å². The standard InChI is InChI=1S/C13H16Cl2F3N3/c1-2-19-11-9(14)6-10(15)12(20-11)21-5-3-4-8(7-21)13(16,17)18/h6,8H,2-5,7H2,1H3,(H,19,20). The molecule has 0 saturated carbocycles. The smallest absolute Gasteiger partial charge is 0.369 e. The van der Waals surface area contributed by atoms with Gasteiger partial charge in [-0.05, 0) is 25.8 Å². The van der Waals surface area contributed by atoms with Crippen molar-refractivity contribution in [2.45, 2.75) is 25.9 Å². The third-order valence-electron chi connectivity index (χ3n) is 3.44. The summed E-state index contributed by atoms with van der Waals surface area (Å²) in [6.07, 6.45) is -3.59. The van der Waals surface area contributed by atoms with Gasteiger partial charge in [0, 0.05) is 19.6 Å². The van der Waals surface area contributed by atoms with E-state index < -0.39 is 12.1 Å². The van der Waals surface area contributed by atoms with Gasteiger partial charge in [-0.3, -0.25) is 0 Å². The molecule has 1 aliphatic rings. The van der Waals surface area contributed by atoms with E-state index in [4.69, 9.17) is 23.2 Å². The molecule has 1 unspecified atom stereocenters.